The van der Waals surface area contributed by atoms with E-state index in [0.717, 1.165) is 27.8 Å². The second-order valence-electron chi connectivity index (χ2n) is 11.5. The first-order chi connectivity index (χ1) is 20.1. The van der Waals surface area contributed by atoms with Crippen molar-refractivity contribution in [2.45, 2.75) is 77.2 Å². The molecule has 2 N–H and O–H groups in total. The zero-order valence-electron chi connectivity index (χ0n) is 24.7. The van der Waals surface area contributed by atoms with E-state index in [4.69, 9.17) is 18.9 Å². The fourth-order valence-corrected chi connectivity index (χ4v) is 7.65. The van der Waals surface area contributed by atoms with Crippen LogP contribution in [0.5, 0.6) is 28.7 Å². The highest BCUT2D eigenvalue weighted by molar-refractivity contribution is 5.76. The van der Waals surface area contributed by atoms with Gasteiger partial charge in [0.2, 0.25) is 12.7 Å². The summed E-state index contributed by atoms with van der Waals surface area (Å²) >= 11 is 0. The van der Waals surface area contributed by atoms with E-state index in [1.807, 2.05) is 27.0 Å². The SMILES string of the molecule is CCC(=O)NC[C@H]1c2c(c(OC(C)=O)c(C)c3c2OCO3)CC2C3c4c(cc(C)c(OC)c4O)CC([C@H](C#N)N21)N3C. The number of hydrogen-bond donors (Lipinski definition) is 2. The van der Waals surface area contributed by atoms with Gasteiger partial charge in [0, 0.05) is 54.2 Å². The van der Waals surface area contributed by atoms with E-state index >= 15 is 0 Å². The van der Waals surface area contributed by atoms with Crippen LogP contribution in [0.4, 0.5) is 0 Å². The van der Waals surface area contributed by atoms with Crippen molar-refractivity contribution in [2.24, 2.45) is 0 Å². The number of aromatic hydroxyl groups is 1. The van der Waals surface area contributed by atoms with Crippen molar-refractivity contribution in [1.29, 1.82) is 5.26 Å². The summed E-state index contributed by atoms with van der Waals surface area (Å²) in [6.45, 7) is 7.12. The second-order valence-corrected chi connectivity index (χ2v) is 11.5. The predicted octanol–water partition coefficient (Wildman–Crippen LogP) is 2.97. The summed E-state index contributed by atoms with van der Waals surface area (Å²) in [5.41, 5.74) is 4.78. The van der Waals surface area contributed by atoms with Crippen molar-refractivity contribution in [3.8, 4) is 34.8 Å². The van der Waals surface area contributed by atoms with Crippen LogP contribution in [-0.4, -0.2) is 72.4 Å². The van der Waals surface area contributed by atoms with E-state index < -0.39 is 18.1 Å². The summed E-state index contributed by atoms with van der Waals surface area (Å²) in [6, 6.07) is 2.80. The van der Waals surface area contributed by atoms with Gasteiger partial charge in [-0.2, -0.15) is 5.26 Å². The number of fused-ring (bicyclic) bond motifs is 9. The number of nitrogens with one attached hydrogen (secondary N) is 1. The van der Waals surface area contributed by atoms with Crippen molar-refractivity contribution in [3.05, 3.63) is 39.4 Å². The molecule has 3 unspecified atom stereocenters. The zero-order chi connectivity index (χ0) is 30.0. The first-order valence-corrected chi connectivity index (χ1v) is 14.3. The number of phenols is 1. The van der Waals surface area contributed by atoms with Crippen LogP contribution in [0.25, 0.3) is 0 Å². The third kappa shape index (κ3) is 4.00. The summed E-state index contributed by atoms with van der Waals surface area (Å²) < 4.78 is 23.3. The summed E-state index contributed by atoms with van der Waals surface area (Å²) in [5, 5.41) is 25.3. The molecule has 4 heterocycles. The van der Waals surface area contributed by atoms with Gasteiger partial charge in [0.1, 0.15) is 11.8 Å². The van der Waals surface area contributed by atoms with Gasteiger partial charge in [0.25, 0.3) is 0 Å². The molecule has 222 valence electrons. The Hall–Kier alpha value is -4.01. The van der Waals surface area contributed by atoms with E-state index in [2.05, 4.69) is 21.2 Å². The van der Waals surface area contributed by atoms with Crippen molar-refractivity contribution >= 4 is 11.9 Å². The van der Waals surface area contributed by atoms with Crippen LogP contribution >= 0.6 is 0 Å². The van der Waals surface area contributed by atoms with Crippen molar-refractivity contribution in [1.82, 2.24) is 15.1 Å². The number of rotatable bonds is 5. The summed E-state index contributed by atoms with van der Waals surface area (Å²) in [4.78, 5) is 29.3. The minimum atomic E-state index is -0.540. The van der Waals surface area contributed by atoms with Crippen LogP contribution in [-0.2, 0) is 22.4 Å². The number of piperazine rings is 1. The Morgan fingerprint density at radius 2 is 1.90 bits per heavy atom. The van der Waals surface area contributed by atoms with Crippen molar-refractivity contribution < 1.29 is 33.6 Å². The molecule has 11 nitrogen and oxygen atoms in total. The number of carbonyl (C=O) groups excluding carboxylic acids is 2. The third-order valence-electron chi connectivity index (χ3n) is 9.32. The lowest BCUT2D eigenvalue weighted by atomic mass is 9.71. The minimum absolute atomic E-state index is 0.0136. The molecule has 2 bridgehead atoms. The van der Waals surface area contributed by atoms with E-state index in [1.54, 1.807) is 14.0 Å². The van der Waals surface area contributed by atoms with Crippen LogP contribution in [0.15, 0.2) is 6.07 Å². The Balaban J connectivity index is 1.62. The normalized spacial score (nSPS) is 25.5. The van der Waals surface area contributed by atoms with Crippen LogP contribution in [0.2, 0.25) is 0 Å². The summed E-state index contributed by atoms with van der Waals surface area (Å²) in [6.07, 6.45) is 1.28. The van der Waals surface area contributed by atoms with Gasteiger partial charge in [-0.3, -0.25) is 19.4 Å². The van der Waals surface area contributed by atoms with Gasteiger partial charge in [-0.1, -0.05) is 13.0 Å². The van der Waals surface area contributed by atoms with Crippen LogP contribution in [0.3, 0.4) is 0 Å². The van der Waals surface area contributed by atoms with E-state index in [-0.39, 0.29) is 43.1 Å². The molecule has 0 radical (unpaired) electrons. The largest absolute Gasteiger partial charge is 0.504 e. The van der Waals surface area contributed by atoms with Crippen LogP contribution in [0, 0.1) is 25.2 Å². The molecule has 6 rings (SSSR count). The molecule has 42 heavy (non-hydrogen) atoms. The highest BCUT2D eigenvalue weighted by Crippen LogP contribution is 2.58. The number of aryl methyl sites for hydroxylation is 1. The van der Waals surface area contributed by atoms with Gasteiger partial charge in [-0.15, -0.1) is 0 Å². The molecule has 11 heteroatoms. The first-order valence-electron chi connectivity index (χ1n) is 14.3. The smallest absolute Gasteiger partial charge is 0.308 e. The van der Waals surface area contributed by atoms with Gasteiger partial charge in [0.05, 0.1) is 25.3 Å². The maximum Gasteiger partial charge on any atom is 0.308 e. The van der Waals surface area contributed by atoms with Crippen LogP contribution in [0.1, 0.15) is 65.7 Å². The number of phenolic OH excluding ortho intramolecular Hbond substituents is 1. The molecule has 4 aliphatic rings. The Morgan fingerprint density at radius 1 is 1.17 bits per heavy atom. The second kappa shape index (κ2) is 10.4. The number of methoxy groups -OCH3 is 1. The molecular weight excluding hydrogens is 540 g/mol. The molecule has 4 aliphatic heterocycles. The molecule has 1 amide bonds. The number of esters is 1. The zero-order valence-corrected chi connectivity index (χ0v) is 24.7. The third-order valence-corrected chi connectivity index (χ3v) is 9.32. The number of amides is 1. The molecule has 2 aromatic rings. The van der Waals surface area contributed by atoms with E-state index in [1.165, 1.54) is 6.92 Å². The average molecular weight is 577 g/mol. The van der Waals surface area contributed by atoms with Crippen molar-refractivity contribution in [3.63, 3.8) is 0 Å². The van der Waals surface area contributed by atoms with Gasteiger partial charge < -0.3 is 29.4 Å². The molecule has 0 aliphatic carbocycles. The lowest BCUT2D eigenvalue weighted by molar-refractivity contribution is -0.132. The van der Waals surface area contributed by atoms with Crippen LogP contribution < -0.4 is 24.3 Å². The summed E-state index contributed by atoms with van der Waals surface area (Å²) in [5.74, 6) is 1.41. The highest BCUT2D eigenvalue weighted by atomic mass is 16.7. The first kappa shape index (κ1) is 28.1. The Morgan fingerprint density at radius 3 is 2.57 bits per heavy atom. The number of ether oxygens (including phenoxy) is 4. The fraction of sp³-hybridized carbons (Fsp3) is 0.516. The molecule has 5 atom stereocenters. The Labute approximate surface area is 244 Å². The van der Waals surface area contributed by atoms with Gasteiger partial charge >= 0.3 is 5.97 Å². The number of carbonyl (C=O) groups is 2. The molecule has 0 saturated carbocycles. The number of likely N-dealkylation sites (N-methyl/N-ethyl adjacent to an activating group) is 1. The van der Waals surface area contributed by atoms with Gasteiger partial charge in [0.15, 0.2) is 23.0 Å². The number of benzene rings is 2. The minimum Gasteiger partial charge on any atom is -0.504 e. The van der Waals surface area contributed by atoms with E-state index in [0.29, 0.717) is 47.8 Å². The monoisotopic (exact) mass is 576 g/mol. The molecule has 0 spiro atoms. The molecule has 0 aromatic heterocycles. The highest BCUT2D eigenvalue weighted by Gasteiger charge is 2.56. The Kier molecular flexibility index (Phi) is 6.94. The number of hydrogen-bond acceptors (Lipinski definition) is 10. The quantitative estimate of drug-likeness (QED) is 0.404. The fourth-order valence-electron chi connectivity index (χ4n) is 7.65. The maximum atomic E-state index is 12.6. The van der Waals surface area contributed by atoms with E-state index in [9.17, 15) is 20.0 Å². The topological polar surface area (TPSA) is 134 Å². The maximum absolute atomic E-state index is 12.6. The number of nitriles is 1. The molecule has 2 aromatic carbocycles. The lowest BCUT2D eigenvalue weighted by Gasteiger charge is -2.60. The van der Waals surface area contributed by atoms with Gasteiger partial charge in [-0.25, -0.2) is 0 Å². The van der Waals surface area contributed by atoms with Crippen molar-refractivity contribution in [2.75, 3.05) is 27.5 Å². The lowest BCUT2D eigenvalue weighted by Crippen LogP contribution is -2.68. The molecular formula is C31H36N4O7. The molecule has 1 saturated heterocycles. The molecule has 1 fully saturated rings. The predicted molar refractivity (Wildman–Crippen MR) is 151 cm³/mol. The number of nitrogens with zero attached hydrogens (tertiary/aromatic N) is 3. The summed E-state index contributed by atoms with van der Waals surface area (Å²) in [7, 11) is 3.54. The van der Waals surface area contributed by atoms with Gasteiger partial charge in [-0.05, 0) is 44.9 Å². The Bertz CT molecular complexity index is 1530. The average Bonchev–Trinajstić information content (AvgIpc) is 3.44. The standard InChI is InChI=1S/C31H36N4O7/c1-7-23(37)33-12-22-25-18(29(42-16(4)36)15(3)30-31(25)41-13-40-30)10-20-26-24-17(8-14(2)28(39-6)27(24)38)9-19(34(26)5)21(11-32)35(20)22/h8,19-22,26,38H,7,9-10,12-13H2,1-6H3,(H,33,37)/t19?,20?,21-,22-,26?/m0/s1.